The summed E-state index contributed by atoms with van der Waals surface area (Å²) in [6, 6.07) is 130. The van der Waals surface area contributed by atoms with Crippen LogP contribution in [0.2, 0.25) is 0 Å². The van der Waals surface area contributed by atoms with Crippen LogP contribution in [0.15, 0.2) is 382 Å². The molecular weight excluding hydrogens is 1250 g/mol. The van der Waals surface area contributed by atoms with Crippen molar-refractivity contribution in [2.24, 2.45) is 0 Å². The van der Waals surface area contributed by atoms with Gasteiger partial charge in [0.1, 0.15) is 44.7 Å². The first-order chi connectivity index (χ1) is 50.5. The monoisotopic (exact) mass is 1300 g/mol. The third-order valence-corrected chi connectivity index (χ3v) is 20.3. The van der Waals surface area contributed by atoms with Crippen molar-refractivity contribution in [2.75, 3.05) is 9.80 Å². The molecule has 20 aromatic rings. The minimum Gasteiger partial charge on any atom is -0.456 e. The summed E-state index contributed by atoms with van der Waals surface area (Å²) in [5, 5.41) is 8.63. The molecule has 0 unspecified atom stereocenters. The van der Waals surface area contributed by atoms with Crippen molar-refractivity contribution in [3.05, 3.63) is 364 Å². The Hall–Kier alpha value is -13.7. The predicted molar refractivity (Wildman–Crippen MR) is 423 cm³/mol. The molecule has 478 valence electrons. The standard InChI is InChI=1S/C96H60N2O4/c1-4-18-61(19-5-1)68-45-55-84(83(56-68)66-22-8-3-9-23-66)98(86-28-17-33-91-96(86)81-26-12-15-31-89(81)100-91)73-48-40-64(41-49-73)71-44-53-79-78-52-43-69(58-93(78)102-94(79)59-71)62-34-36-67(37-35-62)75-54-50-74(60-82(75)65-20-6-2-7-21-65)97(85-27-16-32-90-95(85)80-25-11-14-30-88(80)99-90)72-46-38-63(39-47-72)70-42-51-77-76-24-10-13-29-87(76)101-92(77)57-70/h1-60H. The third-order valence-electron chi connectivity index (χ3n) is 20.3. The maximum Gasteiger partial charge on any atom is 0.137 e. The lowest BCUT2D eigenvalue weighted by atomic mass is 9.92. The first-order valence-corrected chi connectivity index (χ1v) is 34.6. The summed E-state index contributed by atoms with van der Waals surface area (Å²) >= 11 is 0. The van der Waals surface area contributed by atoms with Crippen LogP contribution < -0.4 is 9.80 Å². The molecule has 0 saturated carbocycles. The molecule has 0 atom stereocenters. The highest BCUT2D eigenvalue weighted by Crippen LogP contribution is 2.50. The number of anilines is 6. The van der Waals surface area contributed by atoms with E-state index in [1.165, 1.54) is 0 Å². The van der Waals surface area contributed by atoms with Crippen LogP contribution in [0.5, 0.6) is 0 Å². The number of rotatable bonds is 13. The molecular formula is C96H60N2O4. The lowest BCUT2D eigenvalue weighted by Gasteiger charge is -2.29. The second kappa shape index (κ2) is 24.1. The fourth-order valence-corrected chi connectivity index (χ4v) is 15.4. The molecule has 0 bridgehead atoms. The Morgan fingerprint density at radius 2 is 0.490 bits per heavy atom. The Morgan fingerprint density at radius 3 is 1.02 bits per heavy atom. The zero-order valence-corrected chi connectivity index (χ0v) is 55.2. The normalized spacial score (nSPS) is 11.7. The zero-order valence-electron chi connectivity index (χ0n) is 55.2. The number of hydrogen-bond acceptors (Lipinski definition) is 6. The third kappa shape index (κ3) is 10.0. The molecule has 0 aliphatic rings. The molecule has 0 saturated heterocycles. The molecule has 6 heteroatoms. The molecule has 6 nitrogen and oxygen atoms in total. The van der Waals surface area contributed by atoms with E-state index in [4.69, 9.17) is 17.7 Å². The van der Waals surface area contributed by atoms with Crippen molar-refractivity contribution in [1.82, 2.24) is 0 Å². The van der Waals surface area contributed by atoms with E-state index in [0.717, 1.165) is 200 Å². The van der Waals surface area contributed by atoms with Crippen LogP contribution in [0.3, 0.4) is 0 Å². The van der Waals surface area contributed by atoms with E-state index in [0.29, 0.717) is 0 Å². The van der Waals surface area contributed by atoms with Gasteiger partial charge in [0.05, 0.1) is 27.8 Å². The Kier molecular flexibility index (Phi) is 13.8. The molecule has 20 rings (SSSR count). The number of para-hydroxylation sites is 3. The fraction of sp³-hybridized carbons (Fsp3) is 0. The van der Waals surface area contributed by atoms with E-state index >= 15 is 0 Å². The van der Waals surface area contributed by atoms with Gasteiger partial charge in [-0.15, -0.1) is 0 Å². The zero-order chi connectivity index (χ0) is 67.2. The minimum absolute atomic E-state index is 0.833. The van der Waals surface area contributed by atoms with Gasteiger partial charge in [0, 0.05) is 54.9 Å². The fourth-order valence-electron chi connectivity index (χ4n) is 15.4. The SMILES string of the molecule is c1ccc(-c2ccc(N(c3ccc(-c4ccc5c(c4)oc4cc(-c6ccc(-c7ccc(N(c8ccc(-c9ccc%10c(c9)oc9ccccc9%10)cc8)c8cccc9oc%10ccccc%10c89)cc7-c7ccccc7)cc6)ccc45)cc3)c3cccc4oc5ccccc5c34)c(-c3ccccc3)c2)cc1. The van der Waals surface area contributed by atoms with Crippen LogP contribution in [0, 0.1) is 0 Å². The summed E-state index contributed by atoms with van der Waals surface area (Å²) < 4.78 is 26.2. The molecule has 0 spiro atoms. The summed E-state index contributed by atoms with van der Waals surface area (Å²) in [7, 11) is 0. The van der Waals surface area contributed by atoms with Gasteiger partial charge in [0.15, 0.2) is 0 Å². The van der Waals surface area contributed by atoms with Gasteiger partial charge in [0.2, 0.25) is 0 Å². The summed E-state index contributed by atoms with van der Waals surface area (Å²) in [6.07, 6.45) is 0. The van der Waals surface area contributed by atoms with Crippen LogP contribution in [0.4, 0.5) is 34.1 Å². The quantitative estimate of drug-likeness (QED) is 0.115. The van der Waals surface area contributed by atoms with Crippen molar-refractivity contribution in [3.8, 4) is 77.9 Å². The predicted octanol–water partition coefficient (Wildman–Crippen LogP) is 27.9. The summed E-state index contributed by atoms with van der Waals surface area (Å²) in [6.45, 7) is 0. The molecule has 16 aromatic carbocycles. The van der Waals surface area contributed by atoms with Crippen molar-refractivity contribution in [1.29, 1.82) is 0 Å². The largest absolute Gasteiger partial charge is 0.456 e. The first kappa shape index (κ1) is 58.5. The molecule has 0 amide bonds. The Labute approximate surface area is 587 Å². The molecule has 4 aromatic heterocycles. The van der Waals surface area contributed by atoms with E-state index in [9.17, 15) is 0 Å². The van der Waals surface area contributed by atoms with Crippen molar-refractivity contribution < 1.29 is 17.7 Å². The van der Waals surface area contributed by atoms with E-state index in [1.54, 1.807) is 0 Å². The van der Waals surface area contributed by atoms with Gasteiger partial charge in [-0.25, -0.2) is 0 Å². The Bertz CT molecular complexity index is 6600. The molecule has 0 aliphatic carbocycles. The van der Waals surface area contributed by atoms with Gasteiger partial charge in [-0.3, -0.25) is 0 Å². The molecule has 0 N–H and O–H groups in total. The second-order valence-corrected chi connectivity index (χ2v) is 26.2. The molecule has 0 radical (unpaired) electrons. The number of nitrogens with zero attached hydrogens (tertiary/aromatic N) is 2. The maximum absolute atomic E-state index is 6.83. The van der Waals surface area contributed by atoms with Gasteiger partial charge < -0.3 is 27.5 Å². The number of fused-ring (bicyclic) bond motifs is 12. The Morgan fingerprint density at radius 1 is 0.157 bits per heavy atom. The number of hydrogen-bond donors (Lipinski definition) is 0. The van der Waals surface area contributed by atoms with E-state index in [-0.39, 0.29) is 0 Å². The molecule has 0 fully saturated rings. The lowest BCUT2D eigenvalue weighted by molar-refractivity contribution is 0.668. The highest BCUT2D eigenvalue weighted by atomic mass is 16.3. The summed E-state index contributed by atoms with van der Waals surface area (Å²) in [5.74, 6) is 0. The smallest absolute Gasteiger partial charge is 0.137 e. The summed E-state index contributed by atoms with van der Waals surface area (Å²) in [5.41, 5.74) is 28.5. The van der Waals surface area contributed by atoms with Gasteiger partial charge in [-0.05, 0) is 200 Å². The van der Waals surface area contributed by atoms with Crippen molar-refractivity contribution >= 4 is 122 Å². The highest BCUT2D eigenvalue weighted by Gasteiger charge is 2.25. The van der Waals surface area contributed by atoms with Gasteiger partial charge in [-0.1, -0.05) is 237 Å². The average Bonchev–Trinajstić information content (AvgIpc) is 1.48. The number of benzene rings is 16. The summed E-state index contributed by atoms with van der Waals surface area (Å²) in [4.78, 5) is 4.77. The highest BCUT2D eigenvalue weighted by molar-refractivity contribution is 6.16. The molecule has 4 heterocycles. The topological polar surface area (TPSA) is 59.0 Å². The average molecular weight is 1310 g/mol. The van der Waals surface area contributed by atoms with Crippen LogP contribution >= 0.6 is 0 Å². The van der Waals surface area contributed by atoms with Crippen LogP contribution in [0.1, 0.15) is 0 Å². The molecule has 102 heavy (non-hydrogen) atoms. The van der Waals surface area contributed by atoms with Gasteiger partial charge in [0.25, 0.3) is 0 Å². The van der Waals surface area contributed by atoms with Gasteiger partial charge in [-0.2, -0.15) is 0 Å². The maximum atomic E-state index is 6.83. The van der Waals surface area contributed by atoms with Crippen LogP contribution in [-0.4, -0.2) is 0 Å². The van der Waals surface area contributed by atoms with E-state index in [1.807, 2.05) is 36.4 Å². The van der Waals surface area contributed by atoms with E-state index < -0.39 is 0 Å². The number of furan rings is 4. The molecule has 0 aliphatic heterocycles. The first-order valence-electron chi connectivity index (χ1n) is 34.6. The lowest BCUT2D eigenvalue weighted by Crippen LogP contribution is -2.11. The van der Waals surface area contributed by atoms with Gasteiger partial charge >= 0.3 is 0 Å². The van der Waals surface area contributed by atoms with Crippen molar-refractivity contribution in [2.45, 2.75) is 0 Å². The van der Waals surface area contributed by atoms with Crippen LogP contribution in [0.25, 0.3) is 166 Å². The van der Waals surface area contributed by atoms with E-state index in [2.05, 4.69) is 337 Å². The van der Waals surface area contributed by atoms with Crippen LogP contribution in [-0.2, 0) is 0 Å². The minimum atomic E-state index is 0.833. The Balaban J connectivity index is 0.628. The second-order valence-electron chi connectivity index (χ2n) is 26.2. The van der Waals surface area contributed by atoms with Crippen molar-refractivity contribution in [3.63, 3.8) is 0 Å².